The summed E-state index contributed by atoms with van der Waals surface area (Å²) in [5, 5.41) is 7.32. The first-order valence-corrected chi connectivity index (χ1v) is 8.36. The van der Waals surface area contributed by atoms with Crippen LogP contribution in [-0.2, 0) is 6.61 Å². The second-order valence-corrected chi connectivity index (χ2v) is 5.69. The molecule has 0 heterocycles. The molecule has 0 spiro atoms. The van der Waals surface area contributed by atoms with Crippen molar-refractivity contribution >= 4 is 12.2 Å². The van der Waals surface area contributed by atoms with Crippen LogP contribution in [0.3, 0.4) is 0 Å². The molecule has 3 rings (SSSR count). The van der Waals surface area contributed by atoms with Crippen LogP contribution in [0.25, 0.3) is 0 Å². The average molecular weight is 360 g/mol. The summed E-state index contributed by atoms with van der Waals surface area (Å²) in [6.45, 7) is 0.508. The molecule has 0 saturated carbocycles. The molecular formula is C21H20N4O2. The number of nitrogens with two attached hydrogens (primary N) is 2. The molecule has 0 aliphatic carbocycles. The van der Waals surface area contributed by atoms with Crippen LogP contribution in [0.2, 0.25) is 0 Å². The summed E-state index contributed by atoms with van der Waals surface area (Å²) in [5.74, 6) is 2.06. The summed E-state index contributed by atoms with van der Waals surface area (Å²) in [6, 6.07) is 24.9. The van der Waals surface area contributed by atoms with Gasteiger partial charge < -0.3 is 20.9 Å². The summed E-state index contributed by atoms with van der Waals surface area (Å²) in [4.78, 5) is 0. The van der Waals surface area contributed by atoms with E-state index in [0.717, 1.165) is 16.9 Å². The lowest BCUT2D eigenvalue weighted by molar-refractivity contribution is 0.304. The Bertz CT molecular complexity index is 918. The molecule has 0 saturated heterocycles. The van der Waals surface area contributed by atoms with Crippen molar-refractivity contribution in [2.75, 3.05) is 0 Å². The van der Waals surface area contributed by atoms with Gasteiger partial charge in [-0.05, 0) is 47.5 Å². The Hall–Kier alpha value is -3.80. The highest BCUT2D eigenvalue weighted by Gasteiger charge is 2.01. The van der Waals surface area contributed by atoms with E-state index in [9.17, 15) is 0 Å². The zero-order valence-corrected chi connectivity index (χ0v) is 14.7. The van der Waals surface area contributed by atoms with Crippen LogP contribution < -0.4 is 20.9 Å². The smallest absolute Gasteiger partial charge is 0.211 e. The molecule has 3 aromatic rings. The summed E-state index contributed by atoms with van der Waals surface area (Å²) in [6.07, 6.45) is 1.56. The third kappa shape index (κ3) is 5.89. The van der Waals surface area contributed by atoms with Crippen LogP contribution in [0, 0.1) is 0 Å². The van der Waals surface area contributed by atoms with Crippen LogP contribution in [0.4, 0.5) is 0 Å². The lowest BCUT2D eigenvalue weighted by Gasteiger charge is -2.09. The maximum absolute atomic E-state index is 5.88. The van der Waals surface area contributed by atoms with E-state index < -0.39 is 0 Å². The van der Waals surface area contributed by atoms with E-state index in [1.807, 2.05) is 78.9 Å². The monoisotopic (exact) mass is 360 g/mol. The van der Waals surface area contributed by atoms with Gasteiger partial charge in [-0.25, -0.2) is 0 Å². The van der Waals surface area contributed by atoms with Crippen LogP contribution in [0.1, 0.15) is 11.1 Å². The van der Waals surface area contributed by atoms with Crippen molar-refractivity contribution < 1.29 is 9.47 Å². The molecule has 6 heteroatoms. The normalized spacial score (nSPS) is 10.5. The highest BCUT2D eigenvalue weighted by atomic mass is 16.5. The topological polar surface area (TPSA) is 95.2 Å². The van der Waals surface area contributed by atoms with Crippen molar-refractivity contribution in [1.82, 2.24) is 0 Å². The number of nitrogens with zero attached hydrogens (tertiary/aromatic N) is 2. The second kappa shape index (κ2) is 9.05. The van der Waals surface area contributed by atoms with Crippen LogP contribution in [-0.4, -0.2) is 12.2 Å². The van der Waals surface area contributed by atoms with Gasteiger partial charge in [-0.3, -0.25) is 0 Å². The molecule has 0 fully saturated rings. The van der Waals surface area contributed by atoms with Gasteiger partial charge in [0, 0.05) is 6.07 Å². The van der Waals surface area contributed by atoms with Crippen molar-refractivity contribution in [1.29, 1.82) is 0 Å². The van der Waals surface area contributed by atoms with Crippen LogP contribution in [0.15, 0.2) is 89.1 Å². The van der Waals surface area contributed by atoms with E-state index >= 15 is 0 Å². The number of hydrogen-bond donors (Lipinski definition) is 2. The number of rotatable bonds is 7. The fraction of sp³-hybridized carbons (Fsp3) is 0.0476. The van der Waals surface area contributed by atoms with Crippen molar-refractivity contribution in [3.8, 4) is 17.2 Å². The van der Waals surface area contributed by atoms with Gasteiger partial charge in [-0.1, -0.05) is 36.4 Å². The fourth-order valence-corrected chi connectivity index (χ4v) is 2.29. The van der Waals surface area contributed by atoms with Gasteiger partial charge in [-0.2, -0.15) is 5.10 Å². The molecule has 0 aromatic heterocycles. The molecule has 6 nitrogen and oxygen atoms in total. The number of hydrogen-bond acceptors (Lipinski definition) is 4. The largest absolute Gasteiger partial charge is 0.489 e. The Morgan fingerprint density at radius 3 is 2.30 bits per heavy atom. The van der Waals surface area contributed by atoms with Gasteiger partial charge in [-0.15, -0.1) is 5.10 Å². The van der Waals surface area contributed by atoms with E-state index in [4.69, 9.17) is 20.9 Å². The minimum Gasteiger partial charge on any atom is -0.489 e. The molecule has 0 aliphatic heterocycles. The van der Waals surface area contributed by atoms with Crippen molar-refractivity contribution in [2.45, 2.75) is 6.61 Å². The van der Waals surface area contributed by atoms with Gasteiger partial charge in [0.05, 0.1) is 6.21 Å². The highest BCUT2D eigenvalue weighted by Crippen LogP contribution is 2.25. The standard InChI is InChI=1S/C21H20N4O2/c22-21(23)25-24-14-16-9-11-18(12-10-16)27-20-8-4-7-19(13-20)26-15-17-5-2-1-3-6-17/h1-14H,15H2,(H4,22,23,25)/b24-14+. The molecule has 3 aromatic carbocycles. The van der Waals surface area contributed by atoms with Gasteiger partial charge in [0.25, 0.3) is 0 Å². The molecular weight excluding hydrogens is 340 g/mol. The maximum atomic E-state index is 5.88. The van der Waals surface area contributed by atoms with Crippen LogP contribution >= 0.6 is 0 Å². The molecule has 4 N–H and O–H groups in total. The molecule has 0 amide bonds. The van der Waals surface area contributed by atoms with Gasteiger partial charge >= 0.3 is 0 Å². The Morgan fingerprint density at radius 1 is 0.815 bits per heavy atom. The Labute approximate surface area is 157 Å². The summed E-state index contributed by atoms with van der Waals surface area (Å²) < 4.78 is 11.7. The number of ether oxygens (including phenoxy) is 2. The Kier molecular flexibility index (Phi) is 6.04. The average Bonchev–Trinajstić information content (AvgIpc) is 2.69. The third-order valence-corrected chi connectivity index (χ3v) is 3.55. The minimum absolute atomic E-state index is 0.0828. The van der Waals surface area contributed by atoms with Gasteiger partial charge in [0.1, 0.15) is 23.9 Å². The number of guanidine groups is 1. The lowest BCUT2D eigenvalue weighted by Crippen LogP contribution is -2.21. The van der Waals surface area contributed by atoms with E-state index in [2.05, 4.69) is 10.2 Å². The predicted molar refractivity (Wildman–Crippen MR) is 107 cm³/mol. The lowest BCUT2D eigenvalue weighted by atomic mass is 10.2. The Morgan fingerprint density at radius 2 is 1.56 bits per heavy atom. The first kappa shape index (κ1) is 18.0. The number of benzene rings is 3. The molecule has 0 aliphatic rings. The first-order chi connectivity index (χ1) is 13.2. The van der Waals surface area contributed by atoms with Gasteiger partial charge in [0.15, 0.2) is 0 Å². The Balaban J connectivity index is 1.60. The minimum atomic E-state index is -0.0828. The molecule has 0 bridgehead atoms. The zero-order chi connectivity index (χ0) is 18.9. The quantitative estimate of drug-likeness (QED) is 0.382. The van der Waals surface area contributed by atoms with Gasteiger partial charge in [0.2, 0.25) is 5.96 Å². The van der Waals surface area contributed by atoms with Crippen molar-refractivity contribution in [3.05, 3.63) is 90.0 Å². The van der Waals surface area contributed by atoms with Crippen molar-refractivity contribution in [2.24, 2.45) is 21.7 Å². The van der Waals surface area contributed by atoms with Crippen LogP contribution in [0.5, 0.6) is 17.2 Å². The van der Waals surface area contributed by atoms with E-state index in [1.165, 1.54) is 0 Å². The van der Waals surface area contributed by atoms with E-state index in [1.54, 1.807) is 6.21 Å². The molecule has 136 valence electrons. The first-order valence-electron chi connectivity index (χ1n) is 8.36. The van der Waals surface area contributed by atoms with E-state index in [0.29, 0.717) is 18.1 Å². The highest BCUT2D eigenvalue weighted by molar-refractivity contribution is 5.81. The third-order valence-electron chi connectivity index (χ3n) is 3.55. The SMILES string of the molecule is NC(N)=N/N=C/c1ccc(Oc2cccc(OCc3ccccc3)c2)cc1. The molecule has 0 atom stereocenters. The second-order valence-electron chi connectivity index (χ2n) is 5.69. The molecule has 27 heavy (non-hydrogen) atoms. The fourth-order valence-electron chi connectivity index (χ4n) is 2.29. The molecule has 0 radical (unpaired) electrons. The summed E-state index contributed by atoms with van der Waals surface area (Å²) >= 11 is 0. The zero-order valence-electron chi connectivity index (χ0n) is 14.7. The molecule has 0 unspecified atom stereocenters. The van der Waals surface area contributed by atoms with E-state index in [-0.39, 0.29) is 5.96 Å². The predicted octanol–water partition coefficient (Wildman–Crippen LogP) is 3.67. The summed E-state index contributed by atoms with van der Waals surface area (Å²) in [7, 11) is 0. The maximum Gasteiger partial charge on any atom is 0.211 e. The van der Waals surface area contributed by atoms with Crippen molar-refractivity contribution in [3.63, 3.8) is 0 Å². The summed E-state index contributed by atoms with van der Waals surface area (Å²) in [5.41, 5.74) is 12.4.